The van der Waals surface area contributed by atoms with Crippen LogP contribution in [0.3, 0.4) is 0 Å². The molecule has 2 rings (SSSR count). The van der Waals surface area contributed by atoms with Gasteiger partial charge in [-0.3, -0.25) is 0 Å². The fourth-order valence-corrected chi connectivity index (χ4v) is 6.95. The van der Waals surface area contributed by atoms with Gasteiger partial charge in [-0.25, -0.2) is 0 Å². The maximum absolute atomic E-state index is 12.9. The maximum Gasteiger partial charge on any atom is 0.0956 e. The van der Waals surface area contributed by atoms with Crippen LogP contribution in [0, 0.1) is 0 Å². The van der Waals surface area contributed by atoms with Gasteiger partial charge in [-0.15, -0.1) is 0 Å². The van der Waals surface area contributed by atoms with Crippen molar-refractivity contribution in [3.63, 3.8) is 0 Å². The van der Waals surface area contributed by atoms with Crippen LogP contribution in [0.25, 0.3) is 0 Å². The monoisotopic (exact) mass is 216 g/mol. The van der Waals surface area contributed by atoms with E-state index in [0.717, 1.165) is 12.8 Å². The smallest absolute Gasteiger partial charge is 0.0956 e. The van der Waals surface area contributed by atoms with Crippen molar-refractivity contribution in [1.29, 1.82) is 0 Å². The van der Waals surface area contributed by atoms with Gasteiger partial charge in [-0.05, 0) is 12.8 Å². The summed E-state index contributed by atoms with van der Waals surface area (Å²) in [6, 6.07) is 0. The molecule has 0 N–H and O–H groups in total. The summed E-state index contributed by atoms with van der Waals surface area (Å²) in [7, 11) is -2.00. The van der Waals surface area contributed by atoms with Crippen molar-refractivity contribution in [2.45, 2.75) is 69.7 Å². The highest BCUT2D eigenvalue weighted by Crippen LogP contribution is 2.65. The molecule has 1 aliphatic heterocycles. The molecule has 0 aromatic carbocycles. The van der Waals surface area contributed by atoms with Crippen molar-refractivity contribution in [2.24, 2.45) is 0 Å². The zero-order chi connectivity index (χ0) is 10.5. The van der Waals surface area contributed by atoms with Crippen molar-refractivity contribution in [1.82, 2.24) is 0 Å². The molecule has 0 spiro atoms. The quantitative estimate of drug-likeness (QED) is 0.536. The van der Waals surface area contributed by atoms with Crippen LogP contribution in [0.4, 0.5) is 0 Å². The number of epoxide rings is 1. The summed E-state index contributed by atoms with van der Waals surface area (Å²) in [4.78, 5) is 0. The molecular formula is C11H21O2P. The van der Waals surface area contributed by atoms with E-state index in [1.165, 1.54) is 0 Å². The van der Waals surface area contributed by atoms with Crippen LogP contribution in [-0.4, -0.2) is 29.2 Å². The van der Waals surface area contributed by atoms with Crippen LogP contribution in [0.15, 0.2) is 0 Å². The minimum Gasteiger partial charge on any atom is -0.370 e. The van der Waals surface area contributed by atoms with Gasteiger partial charge < -0.3 is 9.30 Å². The highest BCUT2D eigenvalue weighted by atomic mass is 31.2. The van der Waals surface area contributed by atoms with E-state index in [-0.39, 0.29) is 0 Å². The van der Waals surface area contributed by atoms with E-state index in [2.05, 4.69) is 27.7 Å². The third-order valence-electron chi connectivity index (χ3n) is 3.88. The first kappa shape index (κ1) is 10.7. The van der Waals surface area contributed by atoms with Crippen LogP contribution in [0.2, 0.25) is 0 Å². The highest BCUT2D eigenvalue weighted by molar-refractivity contribution is 7.66. The van der Waals surface area contributed by atoms with E-state index in [1.807, 2.05) is 0 Å². The van der Waals surface area contributed by atoms with E-state index in [4.69, 9.17) is 4.74 Å². The number of rotatable bonds is 3. The highest BCUT2D eigenvalue weighted by Gasteiger charge is 2.54. The van der Waals surface area contributed by atoms with E-state index in [0.29, 0.717) is 29.2 Å². The topological polar surface area (TPSA) is 29.6 Å². The van der Waals surface area contributed by atoms with E-state index >= 15 is 0 Å². The molecule has 3 heteroatoms. The minimum atomic E-state index is -2.00. The second kappa shape index (κ2) is 3.35. The number of hydrogen-bond acceptors (Lipinski definition) is 2. The van der Waals surface area contributed by atoms with Crippen molar-refractivity contribution >= 4 is 7.14 Å². The molecule has 1 saturated carbocycles. The molecule has 2 fully saturated rings. The molecule has 0 aromatic heterocycles. The van der Waals surface area contributed by atoms with Gasteiger partial charge in [0.05, 0.1) is 19.3 Å². The van der Waals surface area contributed by atoms with Gasteiger partial charge in [0.25, 0.3) is 0 Å². The molecule has 3 atom stereocenters. The van der Waals surface area contributed by atoms with Crippen molar-refractivity contribution in [3.8, 4) is 0 Å². The second-order valence-corrected chi connectivity index (χ2v) is 9.61. The molecule has 82 valence electrons. The number of fused-ring (bicyclic) bond motifs is 1. The predicted octanol–water partition coefficient (Wildman–Crippen LogP) is 3.10. The lowest BCUT2D eigenvalue weighted by atomic mass is 10.3. The number of ether oxygens (including phenoxy) is 1. The van der Waals surface area contributed by atoms with Crippen molar-refractivity contribution < 1.29 is 9.30 Å². The summed E-state index contributed by atoms with van der Waals surface area (Å²) in [5.41, 5.74) is 1.13. The van der Waals surface area contributed by atoms with Crippen LogP contribution in [0.1, 0.15) is 40.5 Å². The van der Waals surface area contributed by atoms with Gasteiger partial charge in [0.2, 0.25) is 0 Å². The van der Waals surface area contributed by atoms with Crippen LogP contribution >= 0.6 is 7.14 Å². The first-order valence-corrected chi connectivity index (χ1v) is 7.62. The average molecular weight is 216 g/mol. The number of hydrogen-bond donors (Lipinski definition) is 0. The summed E-state index contributed by atoms with van der Waals surface area (Å²) in [5, 5.41) is 0. The van der Waals surface area contributed by atoms with E-state index in [1.54, 1.807) is 0 Å². The molecule has 1 aliphatic carbocycles. The molecule has 0 radical (unpaired) electrons. The molecule has 0 aromatic rings. The molecular weight excluding hydrogens is 195 g/mol. The Morgan fingerprint density at radius 1 is 1.07 bits per heavy atom. The zero-order valence-electron chi connectivity index (χ0n) is 9.56. The first-order valence-electron chi connectivity index (χ1n) is 5.70. The summed E-state index contributed by atoms with van der Waals surface area (Å²) < 4.78 is 18.3. The maximum atomic E-state index is 12.9. The Hall–Kier alpha value is 0.190. The van der Waals surface area contributed by atoms with E-state index in [9.17, 15) is 4.57 Å². The standard InChI is InChI=1S/C11H21O2P/c1-7(2)14(12,8(3)4)9-5-10-11(6-9)13-10/h7-11H,5-6H2,1-4H3/t9?,10-,11+. The average Bonchev–Trinajstić information content (AvgIpc) is 2.71. The lowest BCUT2D eigenvalue weighted by Crippen LogP contribution is -2.20. The van der Waals surface area contributed by atoms with Gasteiger partial charge >= 0.3 is 0 Å². The lowest BCUT2D eigenvalue weighted by molar-refractivity contribution is 0.320. The molecule has 0 amide bonds. The van der Waals surface area contributed by atoms with Gasteiger partial charge in [0.1, 0.15) is 0 Å². The Labute approximate surface area is 86.8 Å². The predicted molar refractivity (Wildman–Crippen MR) is 59.6 cm³/mol. The summed E-state index contributed by atoms with van der Waals surface area (Å²) in [6.45, 7) is 8.47. The third kappa shape index (κ3) is 1.47. The second-order valence-electron chi connectivity index (χ2n) is 5.29. The Morgan fingerprint density at radius 2 is 1.50 bits per heavy atom. The first-order chi connectivity index (χ1) is 6.46. The third-order valence-corrected chi connectivity index (χ3v) is 8.67. The molecule has 0 bridgehead atoms. The van der Waals surface area contributed by atoms with Gasteiger partial charge in [0.15, 0.2) is 0 Å². The Morgan fingerprint density at radius 3 is 1.86 bits per heavy atom. The minimum absolute atomic E-state index is 0.338. The van der Waals surface area contributed by atoms with Crippen LogP contribution < -0.4 is 0 Å². The van der Waals surface area contributed by atoms with Crippen molar-refractivity contribution in [2.75, 3.05) is 0 Å². The Bertz CT molecular complexity index is 250. The van der Waals surface area contributed by atoms with Crippen molar-refractivity contribution in [3.05, 3.63) is 0 Å². The fourth-order valence-electron chi connectivity index (χ4n) is 3.00. The SMILES string of the molecule is CC(C)P(=O)(C(C)C)C1C[C@@H]2O[C@@H]2C1. The lowest BCUT2D eigenvalue weighted by Gasteiger charge is -2.32. The molecule has 14 heavy (non-hydrogen) atoms. The summed E-state index contributed by atoms with van der Waals surface area (Å²) in [5.74, 6) is 0. The molecule has 2 aliphatic rings. The molecule has 1 unspecified atom stereocenters. The summed E-state index contributed by atoms with van der Waals surface area (Å²) in [6.07, 6.45) is 3.04. The van der Waals surface area contributed by atoms with E-state index < -0.39 is 7.14 Å². The zero-order valence-corrected chi connectivity index (χ0v) is 10.5. The molecule has 2 nitrogen and oxygen atoms in total. The summed E-state index contributed by atoms with van der Waals surface area (Å²) >= 11 is 0. The molecule has 1 saturated heterocycles. The molecule has 1 heterocycles. The van der Waals surface area contributed by atoms with Gasteiger partial charge in [-0.2, -0.15) is 0 Å². The van der Waals surface area contributed by atoms with Gasteiger partial charge in [-0.1, -0.05) is 27.7 Å². The Balaban J connectivity index is 2.15. The fraction of sp³-hybridized carbons (Fsp3) is 1.00. The van der Waals surface area contributed by atoms with Gasteiger partial charge in [0, 0.05) is 17.0 Å². The Kier molecular flexibility index (Phi) is 2.56. The normalized spacial score (nSPS) is 36.6. The van der Waals surface area contributed by atoms with Crippen LogP contribution in [0.5, 0.6) is 0 Å². The largest absolute Gasteiger partial charge is 0.370 e. The van der Waals surface area contributed by atoms with Crippen LogP contribution in [-0.2, 0) is 9.30 Å².